The van der Waals surface area contributed by atoms with Crippen molar-refractivity contribution < 1.29 is 19.6 Å². The van der Waals surface area contributed by atoms with Gasteiger partial charge in [0.25, 0.3) is 0 Å². The first kappa shape index (κ1) is 12.7. The van der Waals surface area contributed by atoms with E-state index in [0.29, 0.717) is 11.3 Å². The molecule has 0 aliphatic carbocycles. The summed E-state index contributed by atoms with van der Waals surface area (Å²) in [6.45, 7) is 0.865. The average molecular weight is 236 g/mol. The maximum absolute atomic E-state index is 10.4. The first-order chi connectivity index (χ1) is 7.99. The second-order valence-corrected chi connectivity index (χ2v) is 3.27. The van der Waals surface area contributed by atoms with E-state index in [2.05, 4.69) is 0 Å². The van der Waals surface area contributed by atoms with Crippen LogP contribution in [0.25, 0.3) is 6.08 Å². The zero-order valence-electron chi connectivity index (χ0n) is 9.08. The Kier molecular flexibility index (Phi) is 4.21. The highest BCUT2D eigenvalue weighted by Gasteiger charge is 2.02. The van der Waals surface area contributed by atoms with Crippen LogP contribution in [0.2, 0.25) is 0 Å². The second-order valence-electron chi connectivity index (χ2n) is 3.27. The number of hydrogen-bond acceptors (Lipinski definition) is 5. The maximum atomic E-state index is 10.4. The lowest BCUT2D eigenvalue weighted by Gasteiger charge is -2.06. The van der Waals surface area contributed by atoms with Gasteiger partial charge in [-0.15, -0.1) is 0 Å². The summed E-state index contributed by atoms with van der Waals surface area (Å²) in [5.74, 6) is -0.941. The monoisotopic (exact) mass is 236 g/mol. The van der Waals surface area contributed by atoms with Gasteiger partial charge in [-0.3, -0.25) is 10.1 Å². The summed E-state index contributed by atoms with van der Waals surface area (Å²) < 4.78 is 4.86. The molecule has 0 saturated carbocycles. The number of benzene rings is 1. The summed E-state index contributed by atoms with van der Waals surface area (Å²) in [5, 5.41) is 20.5. The van der Waals surface area contributed by atoms with E-state index in [0.717, 1.165) is 0 Å². The van der Waals surface area contributed by atoms with Gasteiger partial charge in [0.05, 0.1) is 10.9 Å². The molecule has 0 saturated heterocycles. The number of allylic oxidation sites excluding steroid dienone is 1. The summed E-state index contributed by atoms with van der Waals surface area (Å²) in [7, 11) is 0. The maximum Gasteiger partial charge on any atom is 0.243 e. The molecule has 6 heteroatoms. The third-order valence-electron chi connectivity index (χ3n) is 1.90. The van der Waals surface area contributed by atoms with Gasteiger partial charge in [-0.05, 0) is 17.7 Å². The highest BCUT2D eigenvalue weighted by atomic mass is 16.6. The lowest BCUT2D eigenvalue weighted by Crippen LogP contribution is -2.28. The molecule has 0 aromatic heterocycles. The highest BCUT2D eigenvalue weighted by Crippen LogP contribution is 2.14. The largest absolute Gasteiger partial charge is 0.546 e. The van der Waals surface area contributed by atoms with Crippen LogP contribution >= 0.6 is 0 Å². The fourth-order valence-electron chi connectivity index (χ4n) is 1.10. The number of rotatable bonds is 5. The molecule has 6 nitrogen and oxygen atoms in total. The van der Waals surface area contributed by atoms with Crippen molar-refractivity contribution >= 4 is 12.0 Å². The zero-order valence-corrected chi connectivity index (χ0v) is 9.08. The van der Waals surface area contributed by atoms with Crippen LogP contribution in [0.15, 0.2) is 30.0 Å². The van der Waals surface area contributed by atoms with Crippen LogP contribution in [0.1, 0.15) is 12.5 Å². The molecule has 1 aromatic rings. The van der Waals surface area contributed by atoms with E-state index in [1.807, 2.05) is 0 Å². The summed E-state index contributed by atoms with van der Waals surface area (Å²) in [4.78, 5) is 20.0. The van der Waals surface area contributed by atoms with Gasteiger partial charge in [0.2, 0.25) is 5.70 Å². The second kappa shape index (κ2) is 5.64. The van der Waals surface area contributed by atoms with Crippen LogP contribution in [0.3, 0.4) is 0 Å². The summed E-state index contributed by atoms with van der Waals surface area (Å²) in [6, 6.07) is 6.25. The van der Waals surface area contributed by atoms with Gasteiger partial charge in [0.1, 0.15) is 12.4 Å². The molecular formula is C11H10NO5-. The Labute approximate surface area is 97.3 Å². The van der Waals surface area contributed by atoms with Crippen LogP contribution in [-0.2, 0) is 4.79 Å². The summed E-state index contributed by atoms with van der Waals surface area (Å²) in [6.07, 6.45) is 1.41. The molecule has 0 heterocycles. The molecule has 0 bridgehead atoms. The van der Waals surface area contributed by atoms with E-state index < -0.39 is 17.5 Å². The zero-order chi connectivity index (χ0) is 12.8. The minimum atomic E-state index is -1.31. The SMILES string of the molecule is C/C(=C\c1ccc(OCC(=O)[O-])cc1)[N+](=O)[O-]. The quantitative estimate of drug-likeness (QED) is 0.546. The fraction of sp³-hybridized carbons (Fsp3) is 0.182. The number of nitro groups is 1. The number of hydrogen-bond donors (Lipinski definition) is 0. The summed E-state index contributed by atoms with van der Waals surface area (Å²) in [5.41, 5.74) is 0.661. The lowest BCUT2D eigenvalue weighted by molar-refractivity contribution is -0.422. The van der Waals surface area contributed by atoms with Crippen LogP contribution < -0.4 is 9.84 Å². The standard InChI is InChI=1S/C11H11NO5/c1-8(12(15)16)6-9-2-4-10(5-3-9)17-7-11(13)14/h2-6H,7H2,1H3,(H,13,14)/p-1/b8-6+. The molecule has 0 radical (unpaired) electrons. The van der Waals surface area contributed by atoms with Crippen molar-refractivity contribution in [3.8, 4) is 5.75 Å². The number of carbonyl (C=O) groups is 1. The van der Waals surface area contributed by atoms with E-state index in [-0.39, 0.29) is 5.70 Å². The molecule has 0 atom stereocenters. The molecule has 0 fully saturated rings. The van der Waals surface area contributed by atoms with E-state index in [9.17, 15) is 20.0 Å². The van der Waals surface area contributed by atoms with Gasteiger partial charge in [0.15, 0.2) is 0 Å². The van der Waals surface area contributed by atoms with Crippen molar-refractivity contribution in [3.05, 3.63) is 45.6 Å². The normalized spacial score (nSPS) is 11.0. The van der Waals surface area contributed by atoms with E-state index in [1.165, 1.54) is 25.1 Å². The number of nitrogens with zero attached hydrogens (tertiary/aromatic N) is 1. The van der Waals surface area contributed by atoms with Gasteiger partial charge in [-0.25, -0.2) is 0 Å². The number of carboxylic acids is 1. The van der Waals surface area contributed by atoms with Crippen molar-refractivity contribution in [3.63, 3.8) is 0 Å². The molecule has 0 spiro atoms. The van der Waals surface area contributed by atoms with Crippen molar-refractivity contribution in [1.29, 1.82) is 0 Å². The Hall–Kier alpha value is -2.37. The first-order valence-corrected chi connectivity index (χ1v) is 4.74. The molecule has 0 unspecified atom stereocenters. The molecule has 90 valence electrons. The van der Waals surface area contributed by atoms with Crippen molar-refractivity contribution in [2.24, 2.45) is 0 Å². The first-order valence-electron chi connectivity index (χ1n) is 4.74. The molecule has 1 aromatic carbocycles. The number of ether oxygens (including phenoxy) is 1. The molecular weight excluding hydrogens is 226 g/mol. The van der Waals surface area contributed by atoms with Crippen LogP contribution in [-0.4, -0.2) is 17.5 Å². The van der Waals surface area contributed by atoms with E-state index in [4.69, 9.17) is 4.74 Å². The molecule has 17 heavy (non-hydrogen) atoms. The average Bonchev–Trinajstić information content (AvgIpc) is 2.28. The van der Waals surface area contributed by atoms with Gasteiger partial charge in [0, 0.05) is 13.0 Å². The molecule has 0 aliphatic rings. The number of carbonyl (C=O) groups excluding carboxylic acids is 1. The predicted octanol–water partition coefficient (Wildman–Crippen LogP) is 0.453. The highest BCUT2D eigenvalue weighted by molar-refractivity contribution is 5.66. The Morgan fingerprint density at radius 1 is 1.41 bits per heavy atom. The molecule has 1 rings (SSSR count). The Morgan fingerprint density at radius 3 is 2.47 bits per heavy atom. The third-order valence-corrected chi connectivity index (χ3v) is 1.90. The van der Waals surface area contributed by atoms with Gasteiger partial charge >= 0.3 is 0 Å². The molecule has 0 N–H and O–H groups in total. The van der Waals surface area contributed by atoms with Crippen molar-refractivity contribution in [2.45, 2.75) is 6.92 Å². The number of carboxylic acid groups (broad SMARTS) is 1. The van der Waals surface area contributed by atoms with Crippen LogP contribution in [0.4, 0.5) is 0 Å². The summed E-state index contributed by atoms with van der Waals surface area (Å²) >= 11 is 0. The topological polar surface area (TPSA) is 92.5 Å². The smallest absolute Gasteiger partial charge is 0.243 e. The fourth-order valence-corrected chi connectivity index (χ4v) is 1.10. The van der Waals surface area contributed by atoms with Gasteiger partial charge in [-0.1, -0.05) is 12.1 Å². The van der Waals surface area contributed by atoms with Crippen LogP contribution in [0, 0.1) is 10.1 Å². The molecule has 0 aliphatic heterocycles. The number of aliphatic carboxylic acids is 1. The predicted molar refractivity (Wildman–Crippen MR) is 57.6 cm³/mol. The van der Waals surface area contributed by atoms with E-state index >= 15 is 0 Å². The van der Waals surface area contributed by atoms with Gasteiger partial charge in [-0.2, -0.15) is 0 Å². The van der Waals surface area contributed by atoms with E-state index in [1.54, 1.807) is 12.1 Å². The van der Waals surface area contributed by atoms with Crippen LogP contribution in [0.5, 0.6) is 5.75 Å². The van der Waals surface area contributed by atoms with Crippen molar-refractivity contribution in [2.75, 3.05) is 6.61 Å². The minimum Gasteiger partial charge on any atom is -0.546 e. The Morgan fingerprint density at radius 2 is 2.00 bits per heavy atom. The van der Waals surface area contributed by atoms with Gasteiger partial charge < -0.3 is 14.6 Å². The van der Waals surface area contributed by atoms with Crippen molar-refractivity contribution in [1.82, 2.24) is 0 Å². The minimum absolute atomic E-state index is 0.0217. The Bertz CT molecular complexity index is 449. The third kappa shape index (κ3) is 4.33. The lowest BCUT2D eigenvalue weighted by atomic mass is 10.2. The molecule has 0 amide bonds. The Balaban J connectivity index is 2.71.